The number of amides is 1. The van der Waals surface area contributed by atoms with E-state index in [0.717, 1.165) is 6.08 Å². The Hall–Kier alpha value is -4.00. The van der Waals surface area contributed by atoms with Gasteiger partial charge in [0.25, 0.3) is 5.91 Å². The van der Waals surface area contributed by atoms with E-state index in [1.54, 1.807) is 13.0 Å². The topological polar surface area (TPSA) is 208 Å². The Morgan fingerprint density at radius 3 is 2.34 bits per heavy atom. The third-order valence-corrected chi connectivity index (χ3v) is 7.76. The van der Waals surface area contributed by atoms with E-state index in [4.69, 9.17) is 5.73 Å². The number of carbonyl (C=O) groups is 4. The van der Waals surface area contributed by atoms with E-state index in [9.17, 15) is 44.7 Å². The fourth-order valence-corrected chi connectivity index (χ4v) is 5.99. The van der Waals surface area contributed by atoms with E-state index in [1.807, 2.05) is 0 Å². The van der Waals surface area contributed by atoms with Crippen LogP contribution < -0.4 is 5.73 Å². The van der Waals surface area contributed by atoms with Gasteiger partial charge in [0.2, 0.25) is 5.78 Å². The van der Waals surface area contributed by atoms with Crippen LogP contribution in [0.3, 0.4) is 0 Å². The maximum absolute atomic E-state index is 13.9. The Morgan fingerprint density at radius 1 is 1.16 bits per heavy atom. The molecule has 0 bridgehead atoms. The number of aromatic hydroxyl groups is 1. The lowest BCUT2D eigenvalue weighted by Gasteiger charge is -2.53. The van der Waals surface area contributed by atoms with Gasteiger partial charge in [-0.15, -0.1) is 0 Å². The second kappa shape index (κ2) is 9.08. The number of aliphatic hydroxyl groups excluding tert-OH is 3. The highest BCUT2D eigenvalue weighted by Gasteiger charge is 2.68. The average molecular weight is 529 g/mol. The number of Topliss-reactive ketones (excluding diaryl/α,β-unsaturated/α-hetero) is 2. The Bertz CT molecular complexity index is 1370. The molecule has 1 aromatic rings. The number of aliphatic hydroxyl groups is 4. The number of hydrogen-bond acceptors (Lipinski definition) is 11. The second-order valence-corrected chi connectivity index (χ2v) is 9.87. The number of fused-ring (bicyclic) bond motifs is 3. The highest BCUT2D eigenvalue weighted by atomic mass is 16.5. The number of nitrogens with zero attached hydrogens (tertiary/aromatic N) is 1. The van der Waals surface area contributed by atoms with Crippen LogP contribution in [0, 0.1) is 11.8 Å². The Kier molecular flexibility index (Phi) is 6.46. The number of carbonyl (C=O) groups excluding carboxylic acids is 4. The summed E-state index contributed by atoms with van der Waals surface area (Å²) in [4.78, 5) is 51.9. The van der Waals surface area contributed by atoms with Gasteiger partial charge in [0.1, 0.15) is 22.8 Å². The van der Waals surface area contributed by atoms with Crippen molar-refractivity contribution in [3.8, 4) is 5.75 Å². The van der Waals surface area contributed by atoms with Crippen LogP contribution in [0.15, 0.2) is 35.1 Å². The number of benzene rings is 1. The lowest BCUT2D eigenvalue weighted by molar-refractivity contribution is -0.169. The molecule has 3 aliphatic carbocycles. The predicted molar refractivity (Wildman–Crippen MR) is 131 cm³/mol. The summed E-state index contributed by atoms with van der Waals surface area (Å²) in [5.74, 6) is -10.4. The highest BCUT2D eigenvalue weighted by Crippen LogP contribution is 2.56. The summed E-state index contributed by atoms with van der Waals surface area (Å²) in [6, 6.07) is 1.59. The fourth-order valence-electron chi connectivity index (χ4n) is 5.99. The van der Waals surface area contributed by atoms with Gasteiger partial charge in [-0.1, -0.05) is 19.1 Å². The van der Waals surface area contributed by atoms with E-state index >= 15 is 0 Å². The van der Waals surface area contributed by atoms with Gasteiger partial charge in [-0.25, -0.2) is 4.79 Å². The fraction of sp³-hybridized carbons (Fsp3) is 0.385. The zero-order valence-corrected chi connectivity index (χ0v) is 21.0. The Labute approximate surface area is 216 Å². The molecule has 7 N–H and O–H groups in total. The van der Waals surface area contributed by atoms with Crippen LogP contribution >= 0.6 is 0 Å². The molecule has 12 nitrogen and oxygen atoms in total. The van der Waals surface area contributed by atoms with Gasteiger partial charge in [0.05, 0.1) is 30.7 Å². The number of phenols is 1. The van der Waals surface area contributed by atoms with Crippen molar-refractivity contribution in [3.63, 3.8) is 0 Å². The number of esters is 1. The first kappa shape index (κ1) is 27.0. The predicted octanol–water partition coefficient (Wildman–Crippen LogP) is -0.318. The molecule has 4 rings (SSSR count). The zero-order valence-electron chi connectivity index (χ0n) is 21.0. The first-order valence-corrected chi connectivity index (χ1v) is 11.7. The van der Waals surface area contributed by atoms with Crippen molar-refractivity contribution >= 4 is 35.3 Å². The van der Waals surface area contributed by atoms with Crippen molar-refractivity contribution in [2.24, 2.45) is 17.6 Å². The first-order valence-electron chi connectivity index (χ1n) is 11.7. The lowest BCUT2D eigenvalue weighted by Crippen LogP contribution is -2.70. The molecular formula is C26H28N2O10. The van der Waals surface area contributed by atoms with E-state index in [1.165, 1.54) is 38.2 Å². The second-order valence-electron chi connectivity index (χ2n) is 9.87. The maximum Gasteiger partial charge on any atom is 0.330 e. The largest absolute Gasteiger partial charge is 0.508 e. The van der Waals surface area contributed by atoms with Gasteiger partial charge >= 0.3 is 5.97 Å². The summed E-state index contributed by atoms with van der Waals surface area (Å²) in [5.41, 5.74) is 1.11. The number of primary amides is 1. The van der Waals surface area contributed by atoms with Crippen LogP contribution in [0.5, 0.6) is 5.75 Å². The van der Waals surface area contributed by atoms with Gasteiger partial charge in [0, 0.05) is 23.1 Å². The van der Waals surface area contributed by atoms with Crippen LogP contribution in [-0.4, -0.2) is 92.8 Å². The number of phenolic OH excluding ortho intramolecular Hbond substituents is 1. The number of methoxy groups -OCH3 is 1. The summed E-state index contributed by atoms with van der Waals surface area (Å²) < 4.78 is 4.53. The minimum absolute atomic E-state index is 0.0991. The molecule has 1 saturated carbocycles. The molecule has 202 valence electrons. The molecule has 0 saturated heterocycles. The van der Waals surface area contributed by atoms with Crippen LogP contribution in [0.1, 0.15) is 29.5 Å². The lowest BCUT2D eigenvalue weighted by atomic mass is 9.54. The smallest absolute Gasteiger partial charge is 0.330 e. The third kappa shape index (κ3) is 3.48. The quantitative estimate of drug-likeness (QED) is 0.170. The van der Waals surface area contributed by atoms with Gasteiger partial charge in [-0.05, 0) is 31.7 Å². The van der Waals surface area contributed by atoms with E-state index in [0.29, 0.717) is 5.56 Å². The van der Waals surface area contributed by atoms with Gasteiger partial charge in [-0.2, -0.15) is 0 Å². The minimum atomic E-state index is -2.98. The molecule has 12 heteroatoms. The van der Waals surface area contributed by atoms with Gasteiger partial charge < -0.3 is 36.0 Å². The molecule has 6 atom stereocenters. The molecule has 0 spiro atoms. The van der Waals surface area contributed by atoms with Crippen molar-refractivity contribution in [1.82, 2.24) is 4.90 Å². The molecule has 3 aliphatic rings. The van der Waals surface area contributed by atoms with Crippen LogP contribution in [-0.2, 0) is 23.9 Å². The van der Waals surface area contributed by atoms with E-state index in [-0.39, 0.29) is 11.1 Å². The Morgan fingerprint density at radius 2 is 1.79 bits per heavy atom. The molecule has 0 aliphatic heterocycles. The molecule has 0 radical (unpaired) electrons. The number of nitrogens with two attached hydrogens (primary N) is 1. The van der Waals surface area contributed by atoms with Crippen molar-refractivity contribution in [2.45, 2.75) is 30.6 Å². The number of ketones is 2. The van der Waals surface area contributed by atoms with Crippen molar-refractivity contribution in [3.05, 3.63) is 51.8 Å². The van der Waals surface area contributed by atoms with Crippen molar-refractivity contribution in [2.75, 3.05) is 21.2 Å². The standard InChI is InChI=1S/C26H28N2O10/c1-9-11-7-5-10(6-8-12(29)38-4)19(30)14(11)20(31)15-13(9)21(32)17-18(28(2)3)22(33)16(25(27)36)24(35)26(17,37)23(15)34/h5-9,13,17-18,21,30-32,35,37H,1-4H3,(H2,27,36)/b8-6+. The van der Waals surface area contributed by atoms with Crippen LogP contribution in [0.2, 0.25) is 0 Å². The molecule has 38 heavy (non-hydrogen) atoms. The monoisotopic (exact) mass is 528 g/mol. The zero-order chi connectivity index (χ0) is 28.4. The third-order valence-electron chi connectivity index (χ3n) is 7.76. The first-order chi connectivity index (χ1) is 17.7. The summed E-state index contributed by atoms with van der Waals surface area (Å²) in [5, 5.41) is 56.4. The molecule has 1 amide bonds. The maximum atomic E-state index is 13.9. The minimum Gasteiger partial charge on any atom is -0.508 e. The molecule has 6 unspecified atom stereocenters. The highest BCUT2D eigenvalue weighted by molar-refractivity contribution is 6.24. The summed E-state index contributed by atoms with van der Waals surface area (Å²) in [6.45, 7) is 1.63. The van der Waals surface area contributed by atoms with Crippen molar-refractivity contribution < 1.29 is 49.4 Å². The number of hydrogen-bond donors (Lipinski definition) is 6. The van der Waals surface area contributed by atoms with E-state index < -0.39 is 87.4 Å². The normalized spacial score (nSPS) is 30.9. The number of ether oxygens (including phenoxy) is 1. The molecule has 1 aromatic carbocycles. The number of likely N-dealkylation sites (N-methyl/N-ethyl adjacent to an activating group) is 1. The van der Waals surface area contributed by atoms with Gasteiger partial charge in [0.15, 0.2) is 11.4 Å². The average Bonchev–Trinajstić information content (AvgIpc) is 2.84. The van der Waals surface area contributed by atoms with E-state index in [2.05, 4.69) is 4.74 Å². The van der Waals surface area contributed by atoms with Crippen molar-refractivity contribution in [1.29, 1.82) is 0 Å². The van der Waals surface area contributed by atoms with Crippen LogP contribution in [0.25, 0.3) is 11.8 Å². The summed E-state index contributed by atoms with van der Waals surface area (Å²) >= 11 is 0. The SMILES string of the molecule is COC(=O)/C=C/c1ccc2c(c1O)C(O)=C1C(=O)C3(O)C(O)=C(C(N)=O)C(=O)C(N(C)C)C3C(O)C1C2C. The van der Waals surface area contributed by atoms with Gasteiger partial charge in [-0.3, -0.25) is 19.3 Å². The number of rotatable bonds is 4. The molecular weight excluding hydrogens is 500 g/mol. The molecule has 1 fully saturated rings. The van der Waals surface area contributed by atoms with Crippen LogP contribution in [0.4, 0.5) is 0 Å². The summed E-state index contributed by atoms with van der Waals surface area (Å²) in [6.07, 6.45) is 0.601. The Balaban J connectivity index is 2.00. The molecule has 0 aromatic heterocycles. The molecule has 0 heterocycles. The summed E-state index contributed by atoms with van der Waals surface area (Å²) in [7, 11) is 4.04.